The van der Waals surface area contributed by atoms with Gasteiger partial charge in [-0.2, -0.15) is 0 Å². The maximum Gasteiger partial charge on any atom is 0.255 e. The molecule has 7 heteroatoms. The molecular formula is C22H30N4O3. The molecule has 2 aliphatic rings. The highest BCUT2D eigenvalue weighted by Gasteiger charge is 2.28. The third-order valence-electron chi connectivity index (χ3n) is 6.01. The van der Waals surface area contributed by atoms with Crippen molar-refractivity contribution in [3.8, 4) is 11.5 Å². The van der Waals surface area contributed by atoms with E-state index in [1.807, 2.05) is 12.1 Å². The average molecular weight is 399 g/mol. The molecule has 7 nitrogen and oxygen atoms in total. The first-order valence-corrected chi connectivity index (χ1v) is 10.6. The number of hydrogen-bond acceptors (Lipinski definition) is 5. The van der Waals surface area contributed by atoms with Gasteiger partial charge in [0.25, 0.3) is 5.91 Å². The Hall–Kier alpha value is -2.54. The third-order valence-corrected chi connectivity index (χ3v) is 6.01. The molecule has 1 aliphatic carbocycles. The Morgan fingerprint density at radius 2 is 2.03 bits per heavy atom. The number of H-pyrrole nitrogens is 1. The highest BCUT2D eigenvalue weighted by Crippen LogP contribution is 2.30. The maximum absolute atomic E-state index is 12.8. The lowest BCUT2D eigenvalue weighted by molar-refractivity contribution is 0.0749. The van der Waals surface area contributed by atoms with Crippen LogP contribution in [0.25, 0.3) is 0 Å². The number of nitrogens with one attached hydrogen (secondary N) is 2. The number of aromatic nitrogens is 2. The Kier molecular flexibility index (Phi) is 6.34. The number of hydrogen-bond donors (Lipinski definition) is 2. The van der Waals surface area contributed by atoms with Gasteiger partial charge in [-0.15, -0.1) is 0 Å². The van der Waals surface area contributed by atoms with Crippen LogP contribution in [0.2, 0.25) is 0 Å². The van der Waals surface area contributed by atoms with Crippen molar-refractivity contribution in [3.63, 3.8) is 0 Å². The van der Waals surface area contributed by atoms with Gasteiger partial charge in [0.15, 0.2) is 0 Å². The summed E-state index contributed by atoms with van der Waals surface area (Å²) in [5.41, 5.74) is 0.495. The average Bonchev–Trinajstić information content (AvgIpc) is 3.47. The summed E-state index contributed by atoms with van der Waals surface area (Å²) in [7, 11) is 1.60. The molecule has 1 aromatic carbocycles. The summed E-state index contributed by atoms with van der Waals surface area (Å²) in [5.74, 6) is 1.76. The van der Waals surface area contributed by atoms with Crippen molar-refractivity contribution in [3.05, 3.63) is 42.0 Å². The first-order valence-electron chi connectivity index (χ1n) is 10.6. The van der Waals surface area contributed by atoms with Crippen molar-refractivity contribution < 1.29 is 14.3 Å². The number of piperidine rings is 1. The van der Waals surface area contributed by atoms with Crippen molar-refractivity contribution in [2.24, 2.45) is 0 Å². The first-order chi connectivity index (χ1) is 14.2. The Labute approximate surface area is 171 Å². The Morgan fingerprint density at radius 3 is 2.72 bits per heavy atom. The van der Waals surface area contributed by atoms with E-state index in [-0.39, 0.29) is 12.0 Å². The van der Waals surface area contributed by atoms with Gasteiger partial charge in [-0.05, 0) is 43.9 Å². The van der Waals surface area contributed by atoms with Gasteiger partial charge in [-0.25, -0.2) is 4.98 Å². The largest absolute Gasteiger partial charge is 0.497 e. The number of amides is 1. The van der Waals surface area contributed by atoms with Crippen LogP contribution in [0.5, 0.6) is 11.5 Å². The minimum absolute atomic E-state index is 0.137. The second-order valence-corrected chi connectivity index (χ2v) is 7.87. The van der Waals surface area contributed by atoms with Gasteiger partial charge >= 0.3 is 0 Å². The maximum atomic E-state index is 12.8. The first kappa shape index (κ1) is 19.8. The highest BCUT2D eigenvalue weighted by atomic mass is 16.5. The van der Waals surface area contributed by atoms with E-state index in [4.69, 9.17) is 9.47 Å². The van der Waals surface area contributed by atoms with E-state index >= 15 is 0 Å². The van der Waals surface area contributed by atoms with Gasteiger partial charge in [0.1, 0.15) is 23.4 Å². The number of carbonyl (C=O) groups is 1. The van der Waals surface area contributed by atoms with Gasteiger partial charge in [0.05, 0.1) is 19.2 Å². The summed E-state index contributed by atoms with van der Waals surface area (Å²) < 4.78 is 11.6. The summed E-state index contributed by atoms with van der Waals surface area (Å²) >= 11 is 0. The molecule has 1 aliphatic heterocycles. The molecule has 2 aromatic rings. The third kappa shape index (κ3) is 4.90. The smallest absolute Gasteiger partial charge is 0.255 e. The fraction of sp³-hybridized carbons (Fsp3) is 0.545. The summed E-state index contributed by atoms with van der Waals surface area (Å²) in [5, 5.41) is 2.90. The minimum atomic E-state index is -0.196. The number of carbonyl (C=O) groups excluding carboxylic acids is 1. The summed E-state index contributed by atoms with van der Waals surface area (Å²) in [6, 6.07) is 6.18. The highest BCUT2D eigenvalue weighted by molar-refractivity contribution is 5.97. The normalized spacial score (nSPS) is 18.7. The van der Waals surface area contributed by atoms with Gasteiger partial charge in [0.2, 0.25) is 0 Å². The molecule has 4 rings (SSSR count). The molecule has 2 fully saturated rings. The van der Waals surface area contributed by atoms with Crippen LogP contribution in [-0.4, -0.2) is 53.1 Å². The molecule has 1 amide bonds. The second-order valence-electron chi connectivity index (χ2n) is 7.87. The fourth-order valence-electron chi connectivity index (χ4n) is 4.38. The van der Waals surface area contributed by atoms with E-state index < -0.39 is 0 Å². The van der Waals surface area contributed by atoms with Crippen LogP contribution in [0.3, 0.4) is 0 Å². The van der Waals surface area contributed by atoms with Crippen molar-refractivity contribution in [2.75, 3.05) is 20.2 Å². The van der Waals surface area contributed by atoms with Gasteiger partial charge in [0, 0.05) is 31.5 Å². The lowest BCUT2D eigenvalue weighted by Crippen LogP contribution is -2.43. The number of rotatable bonds is 7. The lowest BCUT2D eigenvalue weighted by Gasteiger charge is -2.36. The molecular weight excluding hydrogens is 368 g/mol. The Balaban J connectivity index is 1.39. The zero-order chi connectivity index (χ0) is 20.1. The lowest BCUT2D eigenvalue weighted by atomic mass is 10.0. The summed E-state index contributed by atoms with van der Waals surface area (Å²) in [4.78, 5) is 22.6. The minimum Gasteiger partial charge on any atom is -0.497 e. The van der Waals surface area contributed by atoms with E-state index in [0.29, 0.717) is 29.4 Å². The van der Waals surface area contributed by atoms with Crippen LogP contribution < -0.4 is 14.8 Å². The molecule has 156 valence electrons. The SMILES string of the molecule is COc1ccc(OC2CCN(C3CCCC3)CC2)c(C(=O)NCc2ncc[nH]2)c1. The van der Waals surface area contributed by atoms with E-state index in [9.17, 15) is 4.79 Å². The Bertz CT molecular complexity index is 794. The van der Waals surface area contributed by atoms with Crippen molar-refractivity contribution in [1.82, 2.24) is 20.2 Å². The number of methoxy groups -OCH3 is 1. The van der Waals surface area contributed by atoms with E-state index in [1.54, 1.807) is 25.6 Å². The zero-order valence-corrected chi connectivity index (χ0v) is 17.0. The van der Waals surface area contributed by atoms with Crippen molar-refractivity contribution in [1.29, 1.82) is 0 Å². The van der Waals surface area contributed by atoms with Gasteiger partial charge in [-0.1, -0.05) is 12.8 Å². The van der Waals surface area contributed by atoms with Crippen molar-refractivity contribution in [2.45, 2.75) is 57.2 Å². The van der Waals surface area contributed by atoms with E-state index in [1.165, 1.54) is 25.7 Å². The van der Waals surface area contributed by atoms with E-state index in [0.717, 1.165) is 32.0 Å². The molecule has 29 heavy (non-hydrogen) atoms. The number of nitrogens with zero attached hydrogens (tertiary/aromatic N) is 2. The molecule has 2 heterocycles. The molecule has 0 unspecified atom stereocenters. The number of aromatic amines is 1. The Morgan fingerprint density at radius 1 is 1.24 bits per heavy atom. The predicted octanol–water partition coefficient (Wildman–Crippen LogP) is 3.13. The summed E-state index contributed by atoms with van der Waals surface area (Å²) in [6.07, 6.45) is 10.9. The van der Waals surface area contributed by atoms with Gasteiger partial charge in [-0.3, -0.25) is 4.79 Å². The molecule has 2 N–H and O–H groups in total. The van der Waals surface area contributed by atoms with Crippen LogP contribution in [0, 0.1) is 0 Å². The van der Waals surface area contributed by atoms with Crippen LogP contribution in [0.1, 0.15) is 54.7 Å². The van der Waals surface area contributed by atoms with Crippen molar-refractivity contribution >= 4 is 5.91 Å². The molecule has 0 radical (unpaired) electrons. The number of likely N-dealkylation sites (tertiary alicyclic amines) is 1. The van der Waals surface area contributed by atoms with Crippen LogP contribution in [0.4, 0.5) is 0 Å². The quantitative estimate of drug-likeness (QED) is 0.749. The topological polar surface area (TPSA) is 79.5 Å². The standard InChI is InChI=1S/C22H30N4O3/c1-28-18-6-7-20(19(14-18)22(27)25-15-21-23-10-11-24-21)29-17-8-12-26(13-9-17)16-4-2-3-5-16/h6-7,10-11,14,16-17H,2-5,8-9,12-13,15H2,1H3,(H,23,24)(H,25,27). The molecule has 0 atom stereocenters. The zero-order valence-electron chi connectivity index (χ0n) is 17.0. The van der Waals surface area contributed by atoms with Crippen LogP contribution >= 0.6 is 0 Å². The number of imidazole rings is 1. The molecule has 0 bridgehead atoms. The number of ether oxygens (including phenoxy) is 2. The molecule has 1 saturated heterocycles. The van der Waals surface area contributed by atoms with Crippen LogP contribution in [-0.2, 0) is 6.54 Å². The number of benzene rings is 1. The fourth-order valence-corrected chi connectivity index (χ4v) is 4.38. The second kappa shape index (κ2) is 9.31. The molecule has 0 spiro atoms. The van der Waals surface area contributed by atoms with Gasteiger partial charge < -0.3 is 24.7 Å². The molecule has 1 saturated carbocycles. The summed E-state index contributed by atoms with van der Waals surface area (Å²) in [6.45, 7) is 2.49. The van der Waals surface area contributed by atoms with E-state index in [2.05, 4.69) is 20.2 Å². The van der Waals surface area contributed by atoms with Crippen LogP contribution in [0.15, 0.2) is 30.6 Å². The molecule has 1 aromatic heterocycles. The monoisotopic (exact) mass is 398 g/mol. The predicted molar refractivity (Wildman–Crippen MR) is 110 cm³/mol.